The summed E-state index contributed by atoms with van der Waals surface area (Å²) in [6.45, 7) is 3.05. The van der Waals surface area contributed by atoms with Crippen molar-refractivity contribution in [2.75, 3.05) is 7.11 Å². The van der Waals surface area contributed by atoms with Crippen molar-refractivity contribution in [2.45, 2.75) is 39.2 Å². The molecule has 0 atom stereocenters. The zero-order valence-electron chi connectivity index (χ0n) is 17.4. The molecule has 3 rings (SSSR count). The molecule has 0 saturated carbocycles. The predicted molar refractivity (Wildman–Crippen MR) is 119 cm³/mol. The molecular weight excluding hydrogens is 376 g/mol. The SMILES string of the molecule is CCCCCCn1cc(C=C(C#N)C(=O)O)c2cc(-c3ccc(OC)cc3)ccc21. The number of aryl methyl sites for hydroxylation is 1. The second-order valence-electron chi connectivity index (χ2n) is 7.27. The van der Waals surface area contributed by atoms with Gasteiger partial charge in [-0.15, -0.1) is 0 Å². The fourth-order valence-corrected chi connectivity index (χ4v) is 3.59. The highest BCUT2D eigenvalue weighted by Crippen LogP contribution is 2.30. The van der Waals surface area contributed by atoms with E-state index in [1.54, 1.807) is 13.2 Å². The Bertz CT molecular complexity index is 1100. The third kappa shape index (κ3) is 4.72. The van der Waals surface area contributed by atoms with E-state index in [0.29, 0.717) is 0 Å². The number of ether oxygens (including phenoxy) is 1. The van der Waals surface area contributed by atoms with E-state index in [9.17, 15) is 15.2 Å². The number of hydrogen-bond acceptors (Lipinski definition) is 3. The molecule has 0 aliphatic rings. The lowest BCUT2D eigenvalue weighted by Gasteiger charge is -2.07. The van der Waals surface area contributed by atoms with Crippen LogP contribution in [0.15, 0.2) is 54.2 Å². The number of benzene rings is 2. The Kier molecular flexibility index (Phi) is 6.92. The molecule has 0 bridgehead atoms. The van der Waals surface area contributed by atoms with Crippen LogP contribution in [0.4, 0.5) is 0 Å². The molecule has 5 heteroatoms. The van der Waals surface area contributed by atoms with Gasteiger partial charge < -0.3 is 14.4 Å². The lowest BCUT2D eigenvalue weighted by molar-refractivity contribution is -0.132. The van der Waals surface area contributed by atoms with Crippen molar-refractivity contribution in [3.63, 3.8) is 0 Å². The van der Waals surface area contributed by atoms with Crippen LogP contribution in [-0.2, 0) is 11.3 Å². The molecule has 0 amide bonds. The van der Waals surface area contributed by atoms with Crippen molar-refractivity contribution in [1.29, 1.82) is 5.26 Å². The number of rotatable bonds is 9. The van der Waals surface area contributed by atoms with Gasteiger partial charge in [0.2, 0.25) is 0 Å². The fourth-order valence-electron chi connectivity index (χ4n) is 3.59. The Hall–Kier alpha value is -3.52. The third-order valence-electron chi connectivity index (χ3n) is 5.24. The van der Waals surface area contributed by atoms with Crippen LogP contribution in [0, 0.1) is 11.3 Å². The van der Waals surface area contributed by atoms with Gasteiger partial charge in [0, 0.05) is 29.2 Å². The standard InChI is InChI=1S/C25H26N2O3/c1-3-4-5-6-13-27-17-21(14-20(16-26)25(28)29)23-15-19(9-12-24(23)27)18-7-10-22(30-2)11-8-18/h7-12,14-15,17H,3-6,13H2,1-2H3,(H,28,29). The Morgan fingerprint density at radius 2 is 1.87 bits per heavy atom. The van der Waals surface area contributed by atoms with Gasteiger partial charge in [0.15, 0.2) is 0 Å². The van der Waals surface area contributed by atoms with Crippen LogP contribution in [0.5, 0.6) is 5.75 Å². The zero-order chi connectivity index (χ0) is 21.5. The van der Waals surface area contributed by atoms with Crippen LogP contribution in [0.25, 0.3) is 28.1 Å². The van der Waals surface area contributed by atoms with Gasteiger partial charge in [-0.1, -0.05) is 44.4 Å². The number of aliphatic carboxylic acids is 1. The minimum absolute atomic E-state index is 0.269. The number of aromatic nitrogens is 1. The molecule has 1 aromatic heterocycles. The molecule has 1 heterocycles. The third-order valence-corrected chi connectivity index (χ3v) is 5.24. The van der Waals surface area contributed by atoms with Crippen LogP contribution >= 0.6 is 0 Å². The highest BCUT2D eigenvalue weighted by molar-refractivity contribution is 6.01. The molecule has 1 N–H and O–H groups in total. The van der Waals surface area contributed by atoms with E-state index in [1.165, 1.54) is 18.9 Å². The Morgan fingerprint density at radius 3 is 2.50 bits per heavy atom. The molecule has 0 aliphatic heterocycles. The number of carbonyl (C=O) groups is 1. The second-order valence-corrected chi connectivity index (χ2v) is 7.27. The van der Waals surface area contributed by atoms with E-state index in [1.807, 2.05) is 30.5 Å². The van der Waals surface area contributed by atoms with Gasteiger partial charge >= 0.3 is 5.97 Å². The lowest BCUT2D eigenvalue weighted by Crippen LogP contribution is -1.97. The first-order valence-corrected chi connectivity index (χ1v) is 10.2. The van der Waals surface area contributed by atoms with E-state index in [2.05, 4.69) is 29.7 Å². The minimum atomic E-state index is -1.22. The number of unbranched alkanes of at least 4 members (excludes halogenated alkanes) is 3. The summed E-state index contributed by atoms with van der Waals surface area (Å²) in [6.07, 6.45) is 8.01. The summed E-state index contributed by atoms with van der Waals surface area (Å²) in [5, 5.41) is 19.4. The van der Waals surface area contributed by atoms with Crippen LogP contribution in [-0.4, -0.2) is 22.8 Å². The van der Waals surface area contributed by atoms with Gasteiger partial charge in [-0.05, 0) is 47.9 Å². The first-order valence-electron chi connectivity index (χ1n) is 10.2. The quantitative estimate of drug-likeness (QED) is 0.275. The molecule has 3 aromatic rings. The Balaban J connectivity index is 2.06. The number of nitrogens with zero attached hydrogens (tertiary/aromatic N) is 2. The van der Waals surface area contributed by atoms with E-state index in [4.69, 9.17) is 4.74 Å². The average Bonchev–Trinajstić information content (AvgIpc) is 3.11. The molecule has 0 unspecified atom stereocenters. The van der Waals surface area contributed by atoms with Crippen molar-refractivity contribution >= 4 is 22.9 Å². The monoisotopic (exact) mass is 402 g/mol. The highest BCUT2D eigenvalue weighted by atomic mass is 16.5. The van der Waals surface area contributed by atoms with Crippen molar-refractivity contribution < 1.29 is 14.6 Å². The van der Waals surface area contributed by atoms with Crippen LogP contribution < -0.4 is 4.74 Å². The maximum atomic E-state index is 11.4. The van der Waals surface area contributed by atoms with Crippen LogP contribution in [0.3, 0.4) is 0 Å². The van der Waals surface area contributed by atoms with Crippen molar-refractivity contribution in [3.8, 4) is 22.9 Å². The number of fused-ring (bicyclic) bond motifs is 1. The molecule has 30 heavy (non-hydrogen) atoms. The highest BCUT2D eigenvalue weighted by Gasteiger charge is 2.12. The summed E-state index contributed by atoms with van der Waals surface area (Å²) in [6, 6.07) is 15.8. The smallest absolute Gasteiger partial charge is 0.346 e. The topological polar surface area (TPSA) is 75.2 Å². The first-order chi connectivity index (χ1) is 14.6. The number of hydrogen-bond donors (Lipinski definition) is 1. The van der Waals surface area contributed by atoms with Crippen molar-refractivity contribution in [2.24, 2.45) is 0 Å². The van der Waals surface area contributed by atoms with Gasteiger partial charge in [0.1, 0.15) is 17.4 Å². The van der Waals surface area contributed by atoms with Gasteiger partial charge in [-0.2, -0.15) is 5.26 Å². The van der Waals surface area contributed by atoms with Gasteiger partial charge in [0.25, 0.3) is 0 Å². The number of nitriles is 1. The number of methoxy groups -OCH3 is 1. The van der Waals surface area contributed by atoms with Crippen LogP contribution in [0.1, 0.15) is 38.2 Å². The molecule has 0 aliphatic carbocycles. The first kappa shape index (κ1) is 21.2. The van der Waals surface area contributed by atoms with E-state index >= 15 is 0 Å². The summed E-state index contributed by atoms with van der Waals surface area (Å²) in [5.74, 6) is -0.422. The van der Waals surface area contributed by atoms with Gasteiger partial charge in [-0.25, -0.2) is 4.79 Å². The summed E-state index contributed by atoms with van der Waals surface area (Å²) in [7, 11) is 1.64. The molecule has 154 valence electrons. The van der Waals surface area contributed by atoms with Crippen molar-refractivity contribution in [3.05, 3.63) is 59.8 Å². The molecule has 2 aromatic carbocycles. The Morgan fingerprint density at radius 1 is 1.13 bits per heavy atom. The second kappa shape index (κ2) is 9.80. The zero-order valence-corrected chi connectivity index (χ0v) is 17.4. The molecule has 5 nitrogen and oxygen atoms in total. The molecule has 0 fully saturated rings. The maximum Gasteiger partial charge on any atom is 0.346 e. The summed E-state index contributed by atoms with van der Waals surface area (Å²) < 4.78 is 7.39. The molecule has 0 radical (unpaired) electrons. The largest absolute Gasteiger partial charge is 0.497 e. The number of carboxylic acids is 1. The molecule has 0 spiro atoms. The normalized spacial score (nSPS) is 11.4. The fraction of sp³-hybridized carbons (Fsp3) is 0.280. The average molecular weight is 402 g/mol. The van der Waals surface area contributed by atoms with E-state index in [-0.39, 0.29) is 5.57 Å². The minimum Gasteiger partial charge on any atom is -0.497 e. The number of carboxylic acid groups (broad SMARTS) is 1. The Labute approximate surface area is 176 Å². The summed E-state index contributed by atoms with van der Waals surface area (Å²) >= 11 is 0. The van der Waals surface area contributed by atoms with E-state index in [0.717, 1.165) is 52.7 Å². The van der Waals surface area contributed by atoms with Crippen LogP contribution in [0.2, 0.25) is 0 Å². The predicted octanol–water partition coefficient (Wildman–Crippen LogP) is 5.89. The van der Waals surface area contributed by atoms with Gasteiger partial charge in [-0.3, -0.25) is 0 Å². The van der Waals surface area contributed by atoms with Gasteiger partial charge in [0.05, 0.1) is 7.11 Å². The van der Waals surface area contributed by atoms with E-state index < -0.39 is 5.97 Å². The maximum absolute atomic E-state index is 11.4. The summed E-state index contributed by atoms with van der Waals surface area (Å²) in [5.41, 5.74) is 3.59. The molecular formula is C25H26N2O3. The molecule has 0 saturated heterocycles. The lowest BCUT2D eigenvalue weighted by atomic mass is 10.0. The van der Waals surface area contributed by atoms with Crippen molar-refractivity contribution in [1.82, 2.24) is 4.57 Å². The summed E-state index contributed by atoms with van der Waals surface area (Å²) in [4.78, 5) is 11.4.